The van der Waals surface area contributed by atoms with E-state index in [-0.39, 0.29) is 18.7 Å². The van der Waals surface area contributed by atoms with Crippen molar-refractivity contribution in [2.75, 3.05) is 24.4 Å². The fourth-order valence-corrected chi connectivity index (χ4v) is 2.32. The van der Waals surface area contributed by atoms with Gasteiger partial charge in [-0.05, 0) is 30.3 Å². The number of rotatable bonds is 8. The van der Waals surface area contributed by atoms with E-state index in [9.17, 15) is 14.4 Å². The molecule has 0 spiro atoms. The lowest BCUT2D eigenvalue weighted by atomic mass is 10.2. The smallest absolute Gasteiger partial charge is 0.306 e. The minimum absolute atomic E-state index is 0.0442. The first-order valence-electron chi connectivity index (χ1n) is 8.12. The Morgan fingerprint density at radius 3 is 2.41 bits per heavy atom. The monoisotopic (exact) mass is 390 g/mol. The lowest BCUT2D eigenvalue weighted by molar-refractivity contribution is -0.147. The summed E-state index contributed by atoms with van der Waals surface area (Å²) in [6, 6.07) is 13.6. The predicted molar refractivity (Wildman–Crippen MR) is 102 cm³/mol. The van der Waals surface area contributed by atoms with E-state index in [1.807, 2.05) is 6.07 Å². The summed E-state index contributed by atoms with van der Waals surface area (Å²) in [6.45, 7) is -0.477. The Bertz CT molecular complexity index is 811. The molecule has 0 unspecified atom stereocenters. The van der Waals surface area contributed by atoms with Crippen molar-refractivity contribution in [3.63, 3.8) is 0 Å². The summed E-state index contributed by atoms with van der Waals surface area (Å²) < 4.78 is 9.99. The maximum atomic E-state index is 11.9. The van der Waals surface area contributed by atoms with Crippen LogP contribution in [0.25, 0.3) is 0 Å². The zero-order valence-electron chi connectivity index (χ0n) is 14.7. The molecule has 8 heteroatoms. The molecule has 27 heavy (non-hydrogen) atoms. The highest BCUT2D eigenvalue weighted by Crippen LogP contribution is 2.27. The summed E-state index contributed by atoms with van der Waals surface area (Å²) in [5.41, 5.74) is 1.01. The molecule has 2 rings (SSSR count). The van der Waals surface area contributed by atoms with Crippen molar-refractivity contribution >= 4 is 40.8 Å². The molecule has 0 heterocycles. The third kappa shape index (κ3) is 6.99. The number of anilines is 2. The quantitative estimate of drug-likeness (QED) is 0.675. The average Bonchev–Trinajstić information content (AvgIpc) is 2.66. The molecule has 0 bridgehead atoms. The van der Waals surface area contributed by atoms with Crippen LogP contribution in [0.3, 0.4) is 0 Å². The second kappa shape index (κ2) is 10.2. The van der Waals surface area contributed by atoms with Crippen LogP contribution in [0.1, 0.15) is 12.8 Å². The van der Waals surface area contributed by atoms with Crippen LogP contribution >= 0.6 is 11.6 Å². The Morgan fingerprint density at radius 2 is 1.70 bits per heavy atom. The van der Waals surface area contributed by atoms with E-state index in [0.717, 1.165) is 0 Å². The minimum Gasteiger partial charge on any atom is -0.495 e. The minimum atomic E-state index is -0.647. The number of hydrogen-bond acceptors (Lipinski definition) is 5. The lowest BCUT2D eigenvalue weighted by Gasteiger charge is -2.11. The van der Waals surface area contributed by atoms with E-state index >= 15 is 0 Å². The molecule has 0 radical (unpaired) electrons. The van der Waals surface area contributed by atoms with Gasteiger partial charge >= 0.3 is 5.97 Å². The first-order valence-corrected chi connectivity index (χ1v) is 8.49. The molecule has 2 amide bonds. The number of hydrogen-bond donors (Lipinski definition) is 2. The van der Waals surface area contributed by atoms with Crippen molar-refractivity contribution in [2.45, 2.75) is 12.8 Å². The number of benzene rings is 2. The highest BCUT2D eigenvalue weighted by Gasteiger charge is 2.12. The van der Waals surface area contributed by atoms with Crippen molar-refractivity contribution in [2.24, 2.45) is 0 Å². The number of carbonyl (C=O) groups excluding carboxylic acids is 3. The molecule has 0 fully saturated rings. The Kier molecular flexibility index (Phi) is 7.63. The average molecular weight is 391 g/mol. The fraction of sp³-hybridized carbons (Fsp3) is 0.211. The molecule has 0 aliphatic heterocycles. The fourth-order valence-electron chi connectivity index (χ4n) is 2.14. The van der Waals surface area contributed by atoms with Gasteiger partial charge < -0.3 is 20.1 Å². The van der Waals surface area contributed by atoms with E-state index in [2.05, 4.69) is 10.6 Å². The highest BCUT2D eigenvalue weighted by molar-refractivity contribution is 6.31. The number of nitrogens with one attached hydrogen (secondary N) is 2. The second-order valence-electron chi connectivity index (χ2n) is 5.47. The molecule has 2 aromatic rings. The number of amides is 2. The Balaban J connectivity index is 1.73. The van der Waals surface area contributed by atoms with Crippen LogP contribution in [0, 0.1) is 0 Å². The van der Waals surface area contributed by atoms with Gasteiger partial charge in [-0.25, -0.2) is 0 Å². The summed E-state index contributed by atoms with van der Waals surface area (Å²) in [7, 11) is 1.46. The zero-order valence-corrected chi connectivity index (χ0v) is 15.4. The zero-order chi connectivity index (χ0) is 19.6. The van der Waals surface area contributed by atoms with Crippen LogP contribution in [-0.4, -0.2) is 31.5 Å². The van der Waals surface area contributed by atoms with Gasteiger partial charge in [0.25, 0.3) is 5.91 Å². The van der Waals surface area contributed by atoms with Crippen LogP contribution in [0.2, 0.25) is 5.02 Å². The summed E-state index contributed by atoms with van der Waals surface area (Å²) in [4.78, 5) is 35.4. The molecular formula is C19H19ClN2O5. The van der Waals surface area contributed by atoms with Gasteiger partial charge in [-0.2, -0.15) is 0 Å². The third-order valence-electron chi connectivity index (χ3n) is 3.41. The van der Waals surface area contributed by atoms with Gasteiger partial charge in [-0.1, -0.05) is 29.8 Å². The normalized spacial score (nSPS) is 10.0. The van der Waals surface area contributed by atoms with Crippen molar-refractivity contribution in [3.05, 3.63) is 53.6 Å². The maximum Gasteiger partial charge on any atom is 0.306 e. The van der Waals surface area contributed by atoms with E-state index in [1.165, 1.54) is 13.2 Å². The predicted octanol–water partition coefficient (Wildman–Crippen LogP) is 3.25. The summed E-state index contributed by atoms with van der Waals surface area (Å²) >= 11 is 5.88. The molecule has 0 saturated heterocycles. The van der Waals surface area contributed by atoms with Gasteiger partial charge in [0.05, 0.1) is 19.2 Å². The van der Waals surface area contributed by atoms with Gasteiger partial charge in [0.2, 0.25) is 5.91 Å². The van der Waals surface area contributed by atoms with Crippen molar-refractivity contribution < 1.29 is 23.9 Å². The molecule has 0 saturated carbocycles. The second-order valence-corrected chi connectivity index (χ2v) is 5.90. The maximum absolute atomic E-state index is 11.9. The molecule has 2 aromatic carbocycles. The first-order chi connectivity index (χ1) is 13.0. The number of halogens is 1. The van der Waals surface area contributed by atoms with Gasteiger partial charge in [0.1, 0.15) is 5.75 Å². The summed E-state index contributed by atoms with van der Waals surface area (Å²) in [5, 5.41) is 5.63. The highest BCUT2D eigenvalue weighted by atomic mass is 35.5. The molecule has 0 atom stereocenters. The molecule has 0 aromatic heterocycles. The largest absolute Gasteiger partial charge is 0.495 e. The van der Waals surface area contributed by atoms with Crippen molar-refractivity contribution in [1.82, 2.24) is 0 Å². The van der Waals surface area contributed by atoms with Crippen LogP contribution < -0.4 is 15.4 Å². The SMILES string of the molecule is COc1ccc(Cl)cc1NC(=O)COC(=O)CCC(=O)Nc1ccccc1. The standard InChI is InChI=1S/C19H19ClN2O5/c1-26-16-8-7-13(20)11-15(16)22-18(24)12-27-19(25)10-9-17(23)21-14-5-3-2-4-6-14/h2-8,11H,9-10,12H2,1H3,(H,21,23)(H,22,24). The van der Waals surface area contributed by atoms with E-state index in [0.29, 0.717) is 22.1 Å². The van der Waals surface area contributed by atoms with Gasteiger partial charge in [0.15, 0.2) is 6.61 Å². The molecule has 142 valence electrons. The van der Waals surface area contributed by atoms with E-state index < -0.39 is 18.5 Å². The molecule has 7 nitrogen and oxygen atoms in total. The molecule has 2 N–H and O–H groups in total. The molecular weight excluding hydrogens is 372 g/mol. The van der Waals surface area contributed by atoms with Crippen LogP contribution in [-0.2, 0) is 19.1 Å². The number of ether oxygens (including phenoxy) is 2. The Morgan fingerprint density at radius 1 is 0.963 bits per heavy atom. The topological polar surface area (TPSA) is 93.7 Å². The van der Waals surface area contributed by atoms with Crippen molar-refractivity contribution in [3.8, 4) is 5.75 Å². The Hall–Kier alpha value is -3.06. The van der Waals surface area contributed by atoms with Gasteiger partial charge in [-0.3, -0.25) is 14.4 Å². The Labute approximate surface area is 161 Å². The van der Waals surface area contributed by atoms with Crippen LogP contribution in [0.15, 0.2) is 48.5 Å². The molecule has 0 aliphatic carbocycles. The van der Waals surface area contributed by atoms with E-state index in [4.69, 9.17) is 21.1 Å². The summed E-state index contributed by atoms with van der Waals surface area (Å²) in [6.07, 6.45) is -0.177. The lowest BCUT2D eigenvalue weighted by Crippen LogP contribution is -2.22. The first kappa shape index (κ1) is 20.3. The van der Waals surface area contributed by atoms with Crippen LogP contribution in [0.5, 0.6) is 5.75 Å². The third-order valence-corrected chi connectivity index (χ3v) is 3.65. The van der Waals surface area contributed by atoms with Gasteiger partial charge in [0, 0.05) is 17.1 Å². The number of carbonyl (C=O) groups is 3. The molecule has 0 aliphatic rings. The number of esters is 1. The number of para-hydroxylation sites is 1. The summed E-state index contributed by atoms with van der Waals surface area (Å²) in [5.74, 6) is -1.08. The van der Waals surface area contributed by atoms with Crippen molar-refractivity contribution in [1.29, 1.82) is 0 Å². The van der Waals surface area contributed by atoms with E-state index in [1.54, 1.807) is 36.4 Å². The van der Waals surface area contributed by atoms with Gasteiger partial charge in [-0.15, -0.1) is 0 Å². The van der Waals surface area contributed by atoms with Crippen LogP contribution in [0.4, 0.5) is 11.4 Å². The number of methoxy groups -OCH3 is 1.